The highest BCUT2D eigenvalue weighted by molar-refractivity contribution is 5.94. The maximum absolute atomic E-state index is 12.8. The number of rotatable bonds is 3. The number of anilines is 2. The molecule has 0 bridgehead atoms. The first kappa shape index (κ1) is 18.9. The third-order valence-corrected chi connectivity index (χ3v) is 5.63. The van der Waals surface area contributed by atoms with Crippen LogP contribution in [0.3, 0.4) is 0 Å². The Morgan fingerprint density at radius 3 is 2.68 bits per heavy atom. The van der Waals surface area contributed by atoms with E-state index in [0.717, 1.165) is 68.5 Å². The average molecular weight is 380 g/mol. The number of para-hydroxylation sites is 1. The summed E-state index contributed by atoms with van der Waals surface area (Å²) in [4.78, 5) is 28.5. The van der Waals surface area contributed by atoms with E-state index in [1.54, 1.807) is 0 Å². The van der Waals surface area contributed by atoms with Crippen LogP contribution in [0.1, 0.15) is 36.3 Å². The molecule has 2 aromatic rings. The Labute approximate surface area is 167 Å². The predicted octanol–water partition coefficient (Wildman–Crippen LogP) is 2.93. The molecule has 0 spiro atoms. The number of fused-ring (bicyclic) bond motifs is 1. The van der Waals surface area contributed by atoms with Crippen LogP contribution in [0, 0.1) is 13.8 Å². The van der Waals surface area contributed by atoms with E-state index in [-0.39, 0.29) is 5.91 Å². The smallest absolute Gasteiger partial charge is 0.228 e. The number of nitrogens with zero attached hydrogens (tertiary/aromatic N) is 5. The highest BCUT2D eigenvalue weighted by Crippen LogP contribution is 2.27. The standard InChI is InChI=1S/C22H29N5O/c1-17-15-21(24-18(2)23-17)26-12-6-11-25(13-14-26)16-27-20-9-4-3-7-19(20)8-5-10-22(27)28/h3-4,7,9,15H,5-6,8,10-14,16H2,1-2H3. The Morgan fingerprint density at radius 1 is 0.964 bits per heavy atom. The van der Waals surface area contributed by atoms with Crippen molar-refractivity contribution < 1.29 is 4.79 Å². The summed E-state index contributed by atoms with van der Waals surface area (Å²) in [6.07, 6.45) is 3.62. The maximum Gasteiger partial charge on any atom is 0.228 e. The summed E-state index contributed by atoms with van der Waals surface area (Å²) < 4.78 is 0. The molecule has 1 fully saturated rings. The van der Waals surface area contributed by atoms with Crippen LogP contribution in [0.2, 0.25) is 0 Å². The van der Waals surface area contributed by atoms with Gasteiger partial charge in [0.25, 0.3) is 0 Å². The minimum Gasteiger partial charge on any atom is -0.355 e. The molecular formula is C22H29N5O. The Balaban J connectivity index is 1.47. The fourth-order valence-corrected chi connectivity index (χ4v) is 4.24. The lowest BCUT2D eigenvalue weighted by Crippen LogP contribution is -2.43. The van der Waals surface area contributed by atoms with Gasteiger partial charge in [0, 0.05) is 50.0 Å². The second-order valence-electron chi connectivity index (χ2n) is 7.82. The van der Waals surface area contributed by atoms with E-state index in [0.29, 0.717) is 13.1 Å². The van der Waals surface area contributed by atoms with Gasteiger partial charge >= 0.3 is 0 Å². The number of hydrogen-bond acceptors (Lipinski definition) is 5. The van der Waals surface area contributed by atoms with Crippen molar-refractivity contribution in [2.75, 3.05) is 42.6 Å². The van der Waals surface area contributed by atoms with Gasteiger partial charge in [0.15, 0.2) is 0 Å². The second-order valence-corrected chi connectivity index (χ2v) is 7.82. The van der Waals surface area contributed by atoms with Gasteiger partial charge in [-0.15, -0.1) is 0 Å². The molecule has 0 unspecified atom stereocenters. The fourth-order valence-electron chi connectivity index (χ4n) is 4.24. The number of carbonyl (C=O) groups excluding carboxylic acids is 1. The van der Waals surface area contributed by atoms with Crippen LogP contribution in [0.5, 0.6) is 0 Å². The van der Waals surface area contributed by atoms with Crippen LogP contribution >= 0.6 is 0 Å². The molecule has 1 aromatic carbocycles. The van der Waals surface area contributed by atoms with Crippen LogP contribution in [-0.4, -0.2) is 53.6 Å². The van der Waals surface area contributed by atoms with E-state index in [9.17, 15) is 4.79 Å². The zero-order chi connectivity index (χ0) is 19.5. The number of aromatic nitrogens is 2. The van der Waals surface area contributed by atoms with Crippen LogP contribution in [-0.2, 0) is 11.2 Å². The summed E-state index contributed by atoms with van der Waals surface area (Å²) in [5.74, 6) is 2.08. The molecule has 0 atom stereocenters. The van der Waals surface area contributed by atoms with Crippen LogP contribution in [0.4, 0.5) is 11.5 Å². The SMILES string of the molecule is Cc1cc(N2CCCN(CN3C(=O)CCCc4ccccc43)CC2)nc(C)n1. The number of aryl methyl sites for hydroxylation is 3. The van der Waals surface area contributed by atoms with Crippen molar-refractivity contribution in [1.82, 2.24) is 14.9 Å². The van der Waals surface area contributed by atoms with Crippen LogP contribution in [0.15, 0.2) is 30.3 Å². The van der Waals surface area contributed by atoms with Crippen molar-refractivity contribution in [3.8, 4) is 0 Å². The third kappa shape index (κ3) is 4.17. The number of benzene rings is 1. The monoisotopic (exact) mass is 379 g/mol. The summed E-state index contributed by atoms with van der Waals surface area (Å²) in [5, 5.41) is 0. The molecule has 2 aliphatic rings. The lowest BCUT2D eigenvalue weighted by molar-refractivity contribution is -0.119. The van der Waals surface area contributed by atoms with E-state index in [4.69, 9.17) is 0 Å². The lowest BCUT2D eigenvalue weighted by atomic mass is 10.1. The highest BCUT2D eigenvalue weighted by Gasteiger charge is 2.25. The first-order valence-corrected chi connectivity index (χ1v) is 10.3. The third-order valence-electron chi connectivity index (χ3n) is 5.63. The maximum atomic E-state index is 12.8. The van der Waals surface area contributed by atoms with Gasteiger partial charge in [0.2, 0.25) is 5.91 Å². The van der Waals surface area contributed by atoms with Crippen LogP contribution < -0.4 is 9.80 Å². The molecule has 2 aliphatic heterocycles. The minimum absolute atomic E-state index is 0.244. The van der Waals surface area contributed by atoms with E-state index in [1.165, 1.54) is 5.56 Å². The lowest BCUT2D eigenvalue weighted by Gasteiger charge is -2.30. The predicted molar refractivity (Wildman–Crippen MR) is 112 cm³/mol. The number of hydrogen-bond donors (Lipinski definition) is 0. The molecule has 1 amide bonds. The molecule has 4 rings (SSSR count). The molecule has 1 saturated heterocycles. The molecule has 0 N–H and O–H groups in total. The zero-order valence-electron chi connectivity index (χ0n) is 16.9. The first-order chi connectivity index (χ1) is 13.6. The molecule has 148 valence electrons. The molecular weight excluding hydrogens is 350 g/mol. The van der Waals surface area contributed by atoms with Crippen molar-refractivity contribution in [3.05, 3.63) is 47.4 Å². The Kier molecular flexibility index (Phi) is 5.57. The van der Waals surface area contributed by atoms with Gasteiger partial charge in [-0.1, -0.05) is 18.2 Å². The summed E-state index contributed by atoms with van der Waals surface area (Å²) in [5.41, 5.74) is 3.39. The van der Waals surface area contributed by atoms with Gasteiger partial charge in [-0.25, -0.2) is 9.97 Å². The average Bonchev–Trinajstić information content (AvgIpc) is 2.99. The molecule has 0 radical (unpaired) electrons. The summed E-state index contributed by atoms with van der Waals surface area (Å²) >= 11 is 0. The summed E-state index contributed by atoms with van der Waals surface area (Å²) in [7, 11) is 0. The quantitative estimate of drug-likeness (QED) is 0.821. The Bertz CT molecular complexity index is 832. The molecule has 0 saturated carbocycles. The summed E-state index contributed by atoms with van der Waals surface area (Å²) in [6, 6.07) is 10.4. The fraction of sp³-hybridized carbons (Fsp3) is 0.500. The van der Waals surface area contributed by atoms with Gasteiger partial charge in [0.05, 0.1) is 6.67 Å². The normalized spacial score (nSPS) is 18.6. The van der Waals surface area contributed by atoms with Crippen molar-refractivity contribution in [2.24, 2.45) is 0 Å². The van der Waals surface area contributed by atoms with Gasteiger partial charge in [-0.2, -0.15) is 0 Å². The van der Waals surface area contributed by atoms with Gasteiger partial charge in [0.1, 0.15) is 11.6 Å². The zero-order valence-corrected chi connectivity index (χ0v) is 16.9. The van der Waals surface area contributed by atoms with Crippen molar-refractivity contribution in [1.29, 1.82) is 0 Å². The van der Waals surface area contributed by atoms with E-state index in [1.807, 2.05) is 24.8 Å². The topological polar surface area (TPSA) is 52.6 Å². The second kappa shape index (κ2) is 8.27. The van der Waals surface area contributed by atoms with Crippen molar-refractivity contribution in [3.63, 3.8) is 0 Å². The molecule has 1 aromatic heterocycles. The van der Waals surface area contributed by atoms with Gasteiger partial charge < -0.3 is 4.90 Å². The molecule has 3 heterocycles. The Hall–Kier alpha value is -2.47. The van der Waals surface area contributed by atoms with Gasteiger partial charge in [-0.3, -0.25) is 14.6 Å². The van der Waals surface area contributed by atoms with E-state index < -0.39 is 0 Å². The molecule has 6 nitrogen and oxygen atoms in total. The van der Waals surface area contributed by atoms with Gasteiger partial charge in [-0.05, 0) is 44.7 Å². The summed E-state index contributed by atoms with van der Waals surface area (Å²) in [6.45, 7) is 8.45. The molecule has 6 heteroatoms. The Morgan fingerprint density at radius 2 is 1.82 bits per heavy atom. The highest BCUT2D eigenvalue weighted by atomic mass is 16.2. The molecule has 28 heavy (non-hydrogen) atoms. The van der Waals surface area contributed by atoms with Crippen molar-refractivity contribution >= 4 is 17.4 Å². The van der Waals surface area contributed by atoms with Crippen molar-refractivity contribution in [2.45, 2.75) is 39.5 Å². The van der Waals surface area contributed by atoms with Crippen LogP contribution in [0.25, 0.3) is 0 Å². The number of carbonyl (C=O) groups is 1. The van der Waals surface area contributed by atoms with E-state index >= 15 is 0 Å². The molecule has 0 aliphatic carbocycles. The number of amides is 1. The largest absolute Gasteiger partial charge is 0.355 e. The first-order valence-electron chi connectivity index (χ1n) is 10.3. The van der Waals surface area contributed by atoms with E-state index in [2.05, 4.69) is 44.0 Å². The minimum atomic E-state index is 0.244.